The summed E-state index contributed by atoms with van der Waals surface area (Å²) in [7, 11) is 0. The van der Waals surface area contributed by atoms with Gasteiger partial charge in [-0.3, -0.25) is 0 Å². The van der Waals surface area contributed by atoms with Gasteiger partial charge < -0.3 is 10.5 Å². The number of amides is 1. The van der Waals surface area contributed by atoms with E-state index >= 15 is 0 Å². The summed E-state index contributed by atoms with van der Waals surface area (Å²) >= 11 is 0. The van der Waals surface area contributed by atoms with Crippen molar-refractivity contribution in [1.82, 2.24) is 5.06 Å². The van der Waals surface area contributed by atoms with Crippen molar-refractivity contribution in [1.29, 1.82) is 5.26 Å². The molecule has 1 aromatic carbocycles. The molecule has 8 nitrogen and oxygen atoms in total. The molecular weight excluding hydrogens is 345 g/mol. The standard InChI is InChI=1S/C14H15F3N4O4/c1-13(2)20(5-6-23-12(19)22)25-21(24-13)10-4-3-9(8-18)11(7-10)14(15,16)17/h3-4,7H,5-6H2,1-2H3,(H2,19,22). The Bertz CT molecular complexity index is 702. The van der Waals surface area contributed by atoms with Crippen molar-refractivity contribution in [2.45, 2.75) is 25.7 Å². The maximum atomic E-state index is 13.1. The van der Waals surface area contributed by atoms with Crippen molar-refractivity contribution in [2.75, 3.05) is 18.4 Å². The number of hydrogen-bond acceptors (Lipinski definition) is 7. The molecule has 1 heterocycles. The number of hydrogen-bond donors (Lipinski definition) is 1. The van der Waals surface area contributed by atoms with Gasteiger partial charge in [-0.1, -0.05) is 0 Å². The van der Waals surface area contributed by atoms with Crippen LogP contribution in [-0.2, 0) is 20.7 Å². The van der Waals surface area contributed by atoms with E-state index < -0.39 is 29.1 Å². The lowest BCUT2D eigenvalue weighted by Gasteiger charge is -2.23. The summed E-state index contributed by atoms with van der Waals surface area (Å²) in [6.45, 7) is 3.17. The Hall–Kier alpha value is -2.55. The van der Waals surface area contributed by atoms with Gasteiger partial charge in [0.1, 0.15) is 6.61 Å². The van der Waals surface area contributed by atoms with Gasteiger partial charge in [0, 0.05) is 0 Å². The first kappa shape index (κ1) is 18.8. The van der Waals surface area contributed by atoms with E-state index in [0.717, 1.165) is 17.4 Å². The number of nitriles is 1. The molecule has 0 aliphatic carbocycles. The van der Waals surface area contributed by atoms with Gasteiger partial charge in [-0.05, 0) is 32.0 Å². The summed E-state index contributed by atoms with van der Waals surface area (Å²) in [6.07, 6.45) is -5.66. The lowest BCUT2D eigenvalue weighted by molar-refractivity contribution is -0.172. The van der Waals surface area contributed by atoms with Crippen LogP contribution in [0.4, 0.5) is 23.7 Å². The number of primary amides is 1. The number of alkyl halides is 3. The average Bonchev–Trinajstić information content (AvgIpc) is 2.80. The third-order valence-electron chi connectivity index (χ3n) is 3.26. The molecule has 0 aromatic heterocycles. The fourth-order valence-corrected chi connectivity index (χ4v) is 2.07. The van der Waals surface area contributed by atoms with E-state index in [1.807, 2.05) is 0 Å². The van der Waals surface area contributed by atoms with Gasteiger partial charge in [0.25, 0.3) is 0 Å². The van der Waals surface area contributed by atoms with E-state index in [9.17, 15) is 18.0 Å². The summed E-state index contributed by atoms with van der Waals surface area (Å²) in [6, 6.07) is 4.52. The smallest absolute Gasteiger partial charge is 0.417 e. The van der Waals surface area contributed by atoms with Crippen molar-refractivity contribution < 1.29 is 32.5 Å². The Labute approximate surface area is 140 Å². The number of rotatable bonds is 4. The van der Waals surface area contributed by atoms with E-state index in [4.69, 9.17) is 20.8 Å². The molecule has 0 saturated carbocycles. The monoisotopic (exact) mass is 360 g/mol. The molecule has 25 heavy (non-hydrogen) atoms. The zero-order valence-electron chi connectivity index (χ0n) is 13.3. The fraction of sp³-hybridized carbons (Fsp3) is 0.429. The first-order chi connectivity index (χ1) is 11.5. The Morgan fingerprint density at radius 1 is 1.44 bits per heavy atom. The van der Waals surface area contributed by atoms with Crippen LogP contribution in [0.5, 0.6) is 0 Å². The van der Waals surface area contributed by atoms with Crippen LogP contribution < -0.4 is 11.0 Å². The molecule has 1 fully saturated rings. The van der Waals surface area contributed by atoms with Crippen LogP contribution in [0.25, 0.3) is 0 Å². The summed E-state index contributed by atoms with van der Waals surface area (Å²) in [5.74, 6) is 0. The minimum absolute atomic E-state index is 0.0577. The van der Waals surface area contributed by atoms with Crippen molar-refractivity contribution in [2.24, 2.45) is 5.73 Å². The molecule has 0 spiro atoms. The van der Waals surface area contributed by atoms with Crippen LogP contribution in [0.15, 0.2) is 18.2 Å². The fourth-order valence-electron chi connectivity index (χ4n) is 2.07. The number of benzene rings is 1. The number of nitrogens with zero attached hydrogens (tertiary/aromatic N) is 3. The predicted molar refractivity (Wildman–Crippen MR) is 77.1 cm³/mol. The lowest BCUT2D eigenvalue weighted by Crippen LogP contribution is -2.40. The molecule has 1 aromatic rings. The van der Waals surface area contributed by atoms with Crippen molar-refractivity contribution >= 4 is 11.8 Å². The van der Waals surface area contributed by atoms with E-state index in [-0.39, 0.29) is 18.8 Å². The Balaban J connectivity index is 2.20. The molecule has 136 valence electrons. The van der Waals surface area contributed by atoms with Gasteiger partial charge in [0.2, 0.25) is 0 Å². The lowest BCUT2D eigenvalue weighted by atomic mass is 10.1. The first-order valence-electron chi connectivity index (χ1n) is 7.03. The minimum Gasteiger partial charge on any atom is -0.448 e. The van der Waals surface area contributed by atoms with Crippen LogP contribution in [0.3, 0.4) is 0 Å². The average molecular weight is 360 g/mol. The molecule has 2 N–H and O–H groups in total. The topological polar surface area (TPSA) is 101 Å². The summed E-state index contributed by atoms with van der Waals surface area (Å²) in [5.41, 5.74) is 2.13. The zero-order chi connectivity index (χ0) is 18.8. The largest absolute Gasteiger partial charge is 0.448 e. The van der Waals surface area contributed by atoms with Crippen LogP contribution in [0.1, 0.15) is 25.0 Å². The van der Waals surface area contributed by atoms with Crippen LogP contribution in [0, 0.1) is 11.3 Å². The molecule has 0 bridgehead atoms. The number of ether oxygens (including phenoxy) is 1. The van der Waals surface area contributed by atoms with Crippen LogP contribution >= 0.6 is 0 Å². The maximum absolute atomic E-state index is 13.1. The quantitative estimate of drug-likeness (QED) is 0.879. The highest BCUT2D eigenvalue weighted by atomic mass is 19.4. The molecule has 1 amide bonds. The second kappa shape index (κ2) is 6.75. The molecule has 0 radical (unpaired) electrons. The third kappa shape index (κ3) is 4.30. The highest BCUT2D eigenvalue weighted by Crippen LogP contribution is 2.37. The first-order valence-corrected chi connectivity index (χ1v) is 7.03. The second-order valence-electron chi connectivity index (χ2n) is 5.49. The van der Waals surface area contributed by atoms with Crippen LogP contribution in [-0.4, -0.2) is 30.0 Å². The number of anilines is 1. The van der Waals surface area contributed by atoms with Gasteiger partial charge in [-0.2, -0.15) is 23.4 Å². The molecule has 1 aliphatic heterocycles. The summed E-state index contributed by atoms with van der Waals surface area (Å²) in [4.78, 5) is 21.4. The van der Waals surface area contributed by atoms with E-state index in [1.165, 1.54) is 17.2 Å². The summed E-state index contributed by atoms with van der Waals surface area (Å²) in [5, 5.41) is 10.9. The number of hydroxylamine groups is 2. The second-order valence-corrected chi connectivity index (χ2v) is 5.49. The molecule has 1 saturated heterocycles. The normalized spacial score (nSPS) is 17.4. The number of nitrogens with two attached hydrogens (primary N) is 1. The van der Waals surface area contributed by atoms with Gasteiger partial charge in [-0.25, -0.2) is 9.63 Å². The van der Waals surface area contributed by atoms with Crippen LogP contribution in [0.2, 0.25) is 0 Å². The van der Waals surface area contributed by atoms with Gasteiger partial charge in [-0.15, -0.1) is 10.3 Å². The van der Waals surface area contributed by atoms with Crippen molar-refractivity contribution in [3.05, 3.63) is 29.3 Å². The SMILES string of the molecule is CC1(C)ON(c2ccc(C#N)c(C(F)(F)F)c2)ON1CCOC(N)=O. The number of carbonyl (C=O) groups is 1. The van der Waals surface area contributed by atoms with Crippen molar-refractivity contribution in [3.63, 3.8) is 0 Å². The number of carbonyl (C=O) groups excluding carboxylic acids is 1. The molecule has 11 heteroatoms. The molecule has 0 atom stereocenters. The minimum atomic E-state index is -4.70. The maximum Gasteiger partial charge on any atom is 0.417 e. The third-order valence-corrected chi connectivity index (χ3v) is 3.26. The van der Waals surface area contributed by atoms with Gasteiger partial charge >= 0.3 is 12.3 Å². The highest BCUT2D eigenvalue weighted by Gasteiger charge is 2.42. The molecule has 1 aliphatic rings. The Kier molecular flexibility index (Phi) is 5.07. The molecular formula is C14H15F3N4O4. The summed E-state index contributed by atoms with van der Waals surface area (Å²) < 4.78 is 43.7. The molecule has 2 rings (SSSR count). The van der Waals surface area contributed by atoms with E-state index in [0.29, 0.717) is 0 Å². The van der Waals surface area contributed by atoms with E-state index in [2.05, 4.69) is 4.74 Å². The Morgan fingerprint density at radius 2 is 2.12 bits per heavy atom. The number of halogens is 3. The van der Waals surface area contributed by atoms with Crippen molar-refractivity contribution in [3.8, 4) is 6.07 Å². The van der Waals surface area contributed by atoms with Gasteiger partial charge in [0.05, 0.1) is 29.4 Å². The van der Waals surface area contributed by atoms with E-state index in [1.54, 1.807) is 13.8 Å². The zero-order valence-corrected chi connectivity index (χ0v) is 13.3. The molecule has 0 unspecified atom stereocenters. The van der Waals surface area contributed by atoms with Gasteiger partial charge in [0.15, 0.2) is 5.72 Å². The highest BCUT2D eigenvalue weighted by molar-refractivity contribution is 5.64. The predicted octanol–water partition coefficient (Wildman–Crippen LogP) is 2.31. The Morgan fingerprint density at radius 3 is 2.68 bits per heavy atom.